The van der Waals surface area contributed by atoms with E-state index < -0.39 is 16.7 Å². The number of nitro groups is 1. The molecule has 0 saturated carbocycles. The first-order chi connectivity index (χ1) is 12.0. The minimum atomic E-state index is -0.614. The van der Waals surface area contributed by atoms with Crippen molar-refractivity contribution in [1.82, 2.24) is 0 Å². The maximum absolute atomic E-state index is 12.5. The van der Waals surface area contributed by atoms with Crippen molar-refractivity contribution in [3.8, 4) is 0 Å². The van der Waals surface area contributed by atoms with Gasteiger partial charge in [0.05, 0.1) is 10.8 Å². The van der Waals surface area contributed by atoms with Gasteiger partial charge in [0, 0.05) is 29.7 Å². The van der Waals surface area contributed by atoms with Gasteiger partial charge in [0.2, 0.25) is 11.8 Å². The van der Waals surface area contributed by atoms with Gasteiger partial charge in [0.15, 0.2) is 0 Å². The molecule has 2 amide bonds. The van der Waals surface area contributed by atoms with Gasteiger partial charge in [-0.3, -0.25) is 19.7 Å². The van der Waals surface area contributed by atoms with E-state index in [2.05, 4.69) is 5.32 Å². The van der Waals surface area contributed by atoms with Crippen molar-refractivity contribution in [1.29, 1.82) is 0 Å². The maximum Gasteiger partial charge on any atom is 0.294 e. The number of hydrogen-bond acceptors (Lipinski definition) is 4. The molecule has 0 radical (unpaired) electrons. The van der Waals surface area contributed by atoms with Crippen molar-refractivity contribution in [2.75, 3.05) is 16.8 Å². The highest BCUT2D eigenvalue weighted by Gasteiger charge is 2.35. The number of anilines is 2. The Morgan fingerprint density at radius 2 is 1.96 bits per heavy atom. The van der Waals surface area contributed by atoms with Gasteiger partial charge in [-0.05, 0) is 24.3 Å². The molecule has 3 rings (SSSR count). The fraction of sp³-hybridized carbons (Fsp3) is 0.176. The average molecular weight is 360 g/mol. The summed E-state index contributed by atoms with van der Waals surface area (Å²) in [6.45, 7) is 0.232. The molecule has 1 aliphatic heterocycles. The number of nitro benzene ring substituents is 1. The maximum atomic E-state index is 12.5. The lowest BCUT2D eigenvalue weighted by Gasteiger charge is -2.16. The molecule has 7 nitrogen and oxygen atoms in total. The molecule has 0 bridgehead atoms. The average Bonchev–Trinajstić information content (AvgIpc) is 2.99. The smallest absolute Gasteiger partial charge is 0.294 e. The topological polar surface area (TPSA) is 92.5 Å². The summed E-state index contributed by atoms with van der Waals surface area (Å²) in [4.78, 5) is 36.7. The summed E-state index contributed by atoms with van der Waals surface area (Å²) in [7, 11) is 0. The van der Waals surface area contributed by atoms with Gasteiger partial charge in [-0.15, -0.1) is 0 Å². The molecule has 2 aromatic rings. The van der Waals surface area contributed by atoms with Crippen LogP contribution >= 0.6 is 11.6 Å². The first-order valence-electron chi connectivity index (χ1n) is 7.56. The molecule has 1 N–H and O–H groups in total. The van der Waals surface area contributed by atoms with Gasteiger partial charge in [-0.1, -0.05) is 29.8 Å². The van der Waals surface area contributed by atoms with E-state index in [0.717, 1.165) is 5.69 Å². The molecule has 1 atom stereocenters. The van der Waals surface area contributed by atoms with E-state index >= 15 is 0 Å². The molecule has 8 heteroatoms. The molecule has 25 heavy (non-hydrogen) atoms. The third kappa shape index (κ3) is 3.61. The summed E-state index contributed by atoms with van der Waals surface area (Å²) < 4.78 is 0. The Balaban J connectivity index is 1.75. The summed E-state index contributed by atoms with van der Waals surface area (Å²) in [6, 6.07) is 13.1. The Kier molecular flexibility index (Phi) is 4.67. The Morgan fingerprint density at radius 1 is 1.24 bits per heavy atom. The van der Waals surface area contributed by atoms with E-state index in [0.29, 0.717) is 0 Å². The van der Waals surface area contributed by atoms with Gasteiger partial charge < -0.3 is 10.2 Å². The van der Waals surface area contributed by atoms with Crippen LogP contribution in [0.2, 0.25) is 5.02 Å². The van der Waals surface area contributed by atoms with Crippen LogP contribution in [0.25, 0.3) is 0 Å². The Labute approximate surface area is 148 Å². The number of carbonyl (C=O) groups excluding carboxylic acids is 2. The number of nitrogens with one attached hydrogen (secondary N) is 1. The molecule has 1 saturated heterocycles. The molecule has 0 aliphatic carbocycles. The summed E-state index contributed by atoms with van der Waals surface area (Å²) in [6.07, 6.45) is 0.0577. The Hall–Kier alpha value is -2.93. The summed E-state index contributed by atoms with van der Waals surface area (Å²) in [5.41, 5.74) is 0.496. The van der Waals surface area contributed by atoms with Crippen LogP contribution in [0.4, 0.5) is 17.1 Å². The largest absolute Gasteiger partial charge is 0.320 e. The fourth-order valence-electron chi connectivity index (χ4n) is 2.74. The third-order valence-corrected chi connectivity index (χ3v) is 4.21. The predicted octanol–water partition coefficient (Wildman–Crippen LogP) is 3.24. The zero-order valence-electron chi connectivity index (χ0n) is 13.0. The van der Waals surface area contributed by atoms with Crippen LogP contribution < -0.4 is 10.2 Å². The summed E-state index contributed by atoms with van der Waals surface area (Å²) in [5, 5.41) is 13.8. The van der Waals surface area contributed by atoms with Crippen LogP contribution in [-0.2, 0) is 9.59 Å². The van der Waals surface area contributed by atoms with E-state index in [1.807, 2.05) is 18.2 Å². The standard InChI is InChI=1S/C17H14ClN3O4/c18-12-6-7-14(15(9-12)21(24)25)19-17(23)11-8-16(22)20(10-11)13-4-2-1-3-5-13/h1-7,9,11H,8,10H2,(H,19,23)/t11-/m1/s1. The van der Waals surface area contributed by atoms with Crippen LogP contribution in [0.15, 0.2) is 48.5 Å². The molecular formula is C17H14ClN3O4. The SMILES string of the molecule is O=C(Nc1ccc(Cl)cc1[N+](=O)[O-])[C@@H]1CC(=O)N(c2ccccc2)C1. The van der Waals surface area contributed by atoms with Gasteiger partial charge in [-0.25, -0.2) is 0 Å². The van der Waals surface area contributed by atoms with Crippen molar-refractivity contribution in [3.63, 3.8) is 0 Å². The molecule has 1 aliphatic rings. The molecule has 0 aromatic heterocycles. The number of nitrogens with zero attached hydrogens (tertiary/aromatic N) is 2. The van der Waals surface area contributed by atoms with E-state index in [1.54, 1.807) is 17.0 Å². The third-order valence-electron chi connectivity index (χ3n) is 3.98. The van der Waals surface area contributed by atoms with Crippen molar-refractivity contribution in [3.05, 3.63) is 63.7 Å². The molecule has 0 spiro atoms. The minimum Gasteiger partial charge on any atom is -0.320 e. The van der Waals surface area contributed by atoms with Gasteiger partial charge in [0.1, 0.15) is 5.69 Å². The lowest BCUT2D eigenvalue weighted by atomic mass is 10.1. The second-order valence-electron chi connectivity index (χ2n) is 5.65. The highest BCUT2D eigenvalue weighted by Crippen LogP contribution is 2.30. The zero-order valence-corrected chi connectivity index (χ0v) is 13.8. The predicted molar refractivity (Wildman–Crippen MR) is 93.6 cm³/mol. The second-order valence-corrected chi connectivity index (χ2v) is 6.09. The lowest BCUT2D eigenvalue weighted by Crippen LogP contribution is -2.28. The number of benzene rings is 2. The monoisotopic (exact) mass is 359 g/mol. The van der Waals surface area contributed by atoms with Gasteiger partial charge in [0.25, 0.3) is 5.69 Å². The molecule has 1 fully saturated rings. The summed E-state index contributed by atoms with van der Waals surface area (Å²) in [5.74, 6) is -1.17. The van der Waals surface area contributed by atoms with Crippen LogP contribution in [0.3, 0.4) is 0 Å². The van der Waals surface area contributed by atoms with Gasteiger partial charge >= 0.3 is 0 Å². The number of rotatable bonds is 4. The van der Waals surface area contributed by atoms with Crippen LogP contribution in [0.1, 0.15) is 6.42 Å². The van der Waals surface area contributed by atoms with Crippen molar-refractivity contribution >= 4 is 40.5 Å². The number of amides is 2. The molecule has 1 heterocycles. The zero-order chi connectivity index (χ0) is 18.0. The molecule has 0 unspecified atom stereocenters. The van der Waals surface area contributed by atoms with Crippen molar-refractivity contribution in [2.24, 2.45) is 5.92 Å². The van der Waals surface area contributed by atoms with Crippen LogP contribution in [0.5, 0.6) is 0 Å². The number of carbonyl (C=O) groups is 2. The first kappa shape index (κ1) is 16.9. The van der Waals surface area contributed by atoms with E-state index in [4.69, 9.17) is 11.6 Å². The van der Waals surface area contributed by atoms with Crippen LogP contribution in [-0.4, -0.2) is 23.3 Å². The Morgan fingerprint density at radius 3 is 2.64 bits per heavy atom. The highest BCUT2D eigenvalue weighted by atomic mass is 35.5. The Bertz CT molecular complexity index is 841. The molecule has 128 valence electrons. The van der Waals surface area contributed by atoms with E-state index in [9.17, 15) is 19.7 Å². The quantitative estimate of drug-likeness (QED) is 0.670. The van der Waals surface area contributed by atoms with E-state index in [-0.39, 0.29) is 35.3 Å². The lowest BCUT2D eigenvalue weighted by molar-refractivity contribution is -0.383. The van der Waals surface area contributed by atoms with Crippen molar-refractivity contribution in [2.45, 2.75) is 6.42 Å². The minimum absolute atomic E-state index is 0.0577. The number of para-hydroxylation sites is 1. The normalized spacial score (nSPS) is 16.8. The molecular weight excluding hydrogens is 346 g/mol. The first-order valence-corrected chi connectivity index (χ1v) is 7.93. The summed E-state index contributed by atoms with van der Waals surface area (Å²) >= 11 is 5.76. The highest BCUT2D eigenvalue weighted by molar-refractivity contribution is 6.31. The number of hydrogen-bond donors (Lipinski definition) is 1. The molecule has 2 aromatic carbocycles. The number of halogens is 1. The second kappa shape index (κ2) is 6.90. The van der Waals surface area contributed by atoms with E-state index in [1.165, 1.54) is 18.2 Å². The van der Waals surface area contributed by atoms with Crippen LogP contribution in [0, 0.1) is 16.0 Å². The van der Waals surface area contributed by atoms with Crippen molar-refractivity contribution < 1.29 is 14.5 Å². The fourth-order valence-corrected chi connectivity index (χ4v) is 2.90. The van der Waals surface area contributed by atoms with Gasteiger partial charge in [-0.2, -0.15) is 0 Å².